The molecule has 0 aromatic rings. The summed E-state index contributed by atoms with van der Waals surface area (Å²) in [5.74, 6) is -0.864. The summed E-state index contributed by atoms with van der Waals surface area (Å²) >= 11 is 0. The van der Waals surface area contributed by atoms with Crippen molar-refractivity contribution < 1.29 is 18.9 Å². The predicted molar refractivity (Wildman–Crippen MR) is 89.2 cm³/mol. The maximum absolute atomic E-state index is 5.98. The number of ether oxygens (including phenoxy) is 4. The highest BCUT2D eigenvalue weighted by Crippen LogP contribution is 2.45. The Morgan fingerprint density at radius 2 is 1.08 bits per heavy atom. The highest BCUT2D eigenvalue weighted by molar-refractivity contribution is 5.08. The molecule has 0 spiro atoms. The average Bonchev–Trinajstić information content (AvgIpc) is 3.35. The number of hydrazine groups is 1. The molecule has 6 heteroatoms. The van der Waals surface area contributed by atoms with Gasteiger partial charge in [0.05, 0.1) is 25.4 Å². The lowest BCUT2D eigenvalue weighted by Crippen LogP contribution is -2.52. The van der Waals surface area contributed by atoms with Crippen LogP contribution in [-0.4, -0.2) is 48.1 Å². The monoisotopic (exact) mass is 340 g/mol. The van der Waals surface area contributed by atoms with Crippen LogP contribution in [0.3, 0.4) is 0 Å². The maximum Gasteiger partial charge on any atom is 0.163 e. The molecule has 2 N–H and O–H groups in total. The van der Waals surface area contributed by atoms with E-state index in [1.54, 1.807) is 0 Å². The first-order valence-corrected chi connectivity index (χ1v) is 9.37. The Morgan fingerprint density at radius 1 is 0.708 bits per heavy atom. The van der Waals surface area contributed by atoms with E-state index in [1.165, 1.54) is 25.7 Å². The summed E-state index contributed by atoms with van der Waals surface area (Å²) in [6.07, 6.45) is 7.21. The third-order valence-electron chi connectivity index (χ3n) is 5.67. The van der Waals surface area contributed by atoms with E-state index < -0.39 is 11.6 Å². The van der Waals surface area contributed by atoms with Crippen LogP contribution in [0, 0.1) is 0 Å². The molecule has 4 rings (SSSR count). The van der Waals surface area contributed by atoms with Gasteiger partial charge < -0.3 is 18.9 Å². The first-order chi connectivity index (χ1) is 11.2. The molecule has 138 valence electrons. The van der Waals surface area contributed by atoms with Gasteiger partial charge in [-0.2, -0.15) is 0 Å². The van der Waals surface area contributed by atoms with Crippen LogP contribution in [0.2, 0.25) is 0 Å². The molecule has 6 nitrogen and oxygen atoms in total. The summed E-state index contributed by atoms with van der Waals surface area (Å²) in [7, 11) is 0. The second-order valence-electron chi connectivity index (χ2n) is 9.12. The van der Waals surface area contributed by atoms with Gasteiger partial charge in [-0.3, -0.25) is 10.9 Å². The topological polar surface area (TPSA) is 61.0 Å². The van der Waals surface area contributed by atoms with Crippen LogP contribution in [0.25, 0.3) is 0 Å². The largest absolute Gasteiger partial charge is 0.348 e. The summed E-state index contributed by atoms with van der Waals surface area (Å²) in [6, 6.07) is 0. The van der Waals surface area contributed by atoms with E-state index >= 15 is 0 Å². The number of hydrogen-bond acceptors (Lipinski definition) is 6. The van der Waals surface area contributed by atoms with Crippen LogP contribution in [0.1, 0.15) is 66.2 Å². The third kappa shape index (κ3) is 3.94. The molecule has 0 aromatic carbocycles. The summed E-state index contributed by atoms with van der Waals surface area (Å²) in [4.78, 5) is 0. The van der Waals surface area contributed by atoms with Crippen LogP contribution < -0.4 is 10.9 Å². The first-order valence-electron chi connectivity index (χ1n) is 9.37. The van der Waals surface area contributed by atoms with Gasteiger partial charge in [0.25, 0.3) is 0 Å². The molecule has 0 amide bonds. The van der Waals surface area contributed by atoms with Gasteiger partial charge >= 0.3 is 0 Å². The molecule has 0 radical (unpaired) electrons. The summed E-state index contributed by atoms with van der Waals surface area (Å²) in [5.41, 5.74) is 7.63. The van der Waals surface area contributed by atoms with Gasteiger partial charge in [0.1, 0.15) is 0 Å². The van der Waals surface area contributed by atoms with Crippen LogP contribution in [0.15, 0.2) is 0 Å². The molecule has 4 aliphatic rings. The second-order valence-corrected chi connectivity index (χ2v) is 9.12. The third-order valence-corrected chi connectivity index (χ3v) is 5.67. The molecule has 4 fully saturated rings. The fourth-order valence-electron chi connectivity index (χ4n) is 3.93. The molecule has 2 aliphatic heterocycles. The van der Waals surface area contributed by atoms with Gasteiger partial charge in [-0.25, -0.2) is 0 Å². The van der Waals surface area contributed by atoms with Crippen LogP contribution >= 0.6 is 0 Å². The van der Waals surface area contributed by atoms with Crippen molar-refractivity contribution >= 4 is 0 Å². The van der Waals surface area contributed by atoms with E-state index in [1.807, 2.05) is 27.7 Å². The second kappa shape index (κ2) is 5.63. The molecule has 0 aromatic heterocycles. The minimum absolute atomic E-state index is 0.177. The van der Waals surface area contributed by atoms with Crippen molar-refractivity contribution in [3.8, 4) is 0 Å². The molecule has 2 atom stereocenters. The smallest absolute Gasteiger partial charge is 0.163 e. The van der Waals surface area contributed by atoms with Crippen molar-refractivity contribution in [2.75, 3.05) is 13.2 Å². The molecule has 0 bridgehead atoms. The van der Waals surface area contributed by atoms with Crippen LogP contribution in [-0.2, 0) is 18.9 Å². The lowest BCUT2D eigenvalue weighted by molar-refractivity contribution is -0.141. The Hall–Kier alpha value is -0.240. The van der Waals surface area contributed by atoms with Crippen molar-refractivity contribution in [1.82, 2.24) is 10.9 Å². The quantitative estimate of drug-likeness (QED) is 0.693. The van der Waals surface area contributed by atoms with Crippen molar-refractivity contribution in [2.24, 2.45) is 0 Å². The van der Waals surface area contributed by atoms with E-state index in [-0.39, 0.29) is 23.3 Å². The zero-order chi connectivity index (χ0) is 17.1. The van der Waals surface area contributed by atoms with Gasteiger partial charge in [-0.1, -0.05) is 0 Å². The highest BCUT2D eigenvalue weighted by atomic mass is 16.7. The molecule has 2 saturated carbocycles. The normalized spacial score (nSPS) is 37.5. The average molecular weight is 340 g/mol. The lowest BCUT2D eigenvalue weighted by atomic mass is 10.1. The fourth-order valence-corrected chi connectivity index (χ4v) is 3.93. The summed E-state index contributed by atoms with van der Waals surface area (Å²) in [5, 5.41) is 0. The highest BCUT2D eigenvalue weighted by Gasteiger charge is 2.52. The van der Waals surface area contributed by atoms with Crippen LogP contribution in [0.4, 0.5) is 0 Å². The minimum atomic E-state index is -0.432. The SMILES string of the molecule is CC1(C)OC[C@H](CC2(NNC3(C[C@H]4COC(C)(C)O4)CC3)CC2)O1. The van der Waals surface area contributed by atoms with E-state index in [0.717, 1.165) is 12.8 Å². The molecule has 2 aliphatic carbocycles. The van der Waals surface area contributed by atoms with Crippen molar-refractivity contribution in [2.45, 2.75) is 101 Å². The molecular weight excluding hydrogens is 308 g/mol. The standard InChI is InChI=1S/C18H32N2O4/c1-15(2)21-11-13(23-15)9-17(5-6-17)19-20-18(7-8-18)10-14-12-22-16(3,4)24-14/h13-14,19-20H,5-12H2,1-4H3/t13-,14-/m0/s1. The summed E-state index contributed by atoms with van der Waals surface area (Å²) in [6.45, 7) is 9.35. The molecule has 24 heavy (non-hydrogen) atoms. The van der Waals surface area contributed by atoms with Crippen molar-refractivity contribution in [1.29, 1.82) is 0 Å². The Balaban J connectivity index is 1.24. The maximum atomic E-state index is 5.98. The first kappa shape index (κ1) is 17.2. The number of hydrogen-bond donors (Lipinski definition) is 2. The van der Waals surface area contributed by atoms with E-state index in [0.29, 0.717) is 13.2 Å². The Bertz CT molecular complexity index is 441. The van der Waals surface area contributed by atoms with Crippen molar-refractivity contribution in [3.05, 3.63) is 0 Å². The Kier molecular flexibility index (Phi) is 4.03. The molecule has 2 heterocycles. The zero-order valence-electron chi connectivity index (χ0n) is 15.4. The molecule has 2 saturated heterocycles. The van der Waals surface area contributed by atoms with E-state index in [4.69, 9.17) is 18.9 Å². The predicted octanol–water partition coefficient (Wildman–Crippen LogP) is 2.23. The fraction of sp³-hybridized carbons (Fsp3) is 1.00. The Labute approximate surface area is 144 Å². The van der Waals surface area contributed by atoms with Crippen LogP contribution in [0.5, 0.6) is 0 Å². The molecule has 0 unspecified atom stereocenters. The summed E-state index contributed by atoms with van der Waals surface area (Å²) < 4.78 is 23.3. The Morgan fingerprint density at radius 3 is 1.33 bits per heavy atom. The van der Waals surface area contributed by atoms with E-state index in [9.17, 15) is 0 Å². The van der Waals surface area contributed by atoms with E-state index in [2.05, 4.69) is 10.9 Å². The van der Waals surface area contributed by atoms with Gasteiger partial charge in [-0.05, 0) is 66.2 Å². The van der Waals surface area contributed by atoms with Crippen molar-refractivity contribution in [3.63, 3.8) is 0 Å². The van der Waals surface area contributed by atoms with Gasteiger partial charge in [0, 0.05) is 11.1 Å². The molecular formula is C18H32N2O4. The minimum Gasteiger partial charge on any atom is -0.348 e. The number of rotatable bonds is 7. The lowest BCUT2D eigenvalue weighted by Gasteiger charge is -2.27. The van der Waals surface area contributed by atoms with Gasteiger partial charge in [0.15, 0.2) is 11.6 Å². The number of nitrogens with one attached hydrogen (secondary N) is 2. The van der Waals surface area contributed by atoms with Gasteiger partial charge in [0.2, 0.25) is 0 Å². The zero-order valence-corrected chi connectivity index (χ0v) is 15.4. The van der Waals surface area contributed by atoms with Gasteiger partial charge in [-0.15, -0.1) is 0 Å².